The number of nitrogens with two attached hydrogens (primary N) is 1. The van der Waals surface area contributed by atoms with E-state index in [9.17, 15) is 0 Å². The first-order valence-corrected chi connectivity index (χ1v) is 6.81. The lowest BCUT2D eigenvalue weighted by Crippen LogP contribution is -1.90. The average molecular weight is 248 g/mol. The number of nitrogen functional groups attached to an aromatic ring is 1. The second-order valence-corrected chi connectivity index (χ2v) is 5.71. The van der Waals surface area contributed by atoms with Crippen LogP contribution in [-0.2, 0) is 7.05 Å². The maximum Gasteiger partial charge on any atom is 0.114 e. The van der Waals surface area contributed by atoms with Crippen LogP contribution in [0.2, 0.25) is 0 Å². The van der Waals surface area contributed by atoms with Crippen LogP contribution in [0.3, 0.4) is 0 Å². The molecule has 0 spiro atoms. The van der Waals surface area contributed by atoms with Crippen molar-refractivity contribution in [1.82, 2.24) is 14.8 Å². The zero-order chi connectivity index (χ0) is 11.8. The van der Waals surface area contributed by atoms with E-state index in [1.54, 1.807) is 16.0 Å². The largest absolute Gasteiger partial charge is 0.389 e. The highest BCUT2D eigenvalue weighted by atomic mass is 32.1. The van der Waals surface area contributed by atoms with Gasteiger partial charge in [0, 0.05) is 24.7 Å². The molecule has 0 saturated heterocycles. The molecule has 90 valence electrons. The fourth-order valence-corrected chi connectivity index (χ4v) is 3.47. The van der Waals surface area contributed by atoms with E-state index in [-0.39, 0.29) is 0 Å². The third kappa shape index (κ3) is 1.95. The summed E-state index contributed by atoms with van der Waals surface area (Å²) in [4.78, 5) is 4.72. The molecule has 0 unspecified atom stereocenters. The van der Waals surface area contributed by atoms with Crippen molar-refractivity contribution in [1.29, 1.82) is 0 Å². The summed E-state index contributed by atoms with van der Waals surface area (Å²) in [7, 11) is 1.91. The second kappa shape index (κ2) is 4.14. The number of aromatic nitrogens is 3. The summed E-state index contributed by atoms with van der Waals surface area (Å²) in [5.41, 5.74) is 8.00. The summed E-state index contributed by atoms with van der Waals surface area (Å²) in [6.45, 7) is 0. The molecular formula is C12H16N4S. The van der Waals surface area contributed by atoms with Crippen LogP contribution < -0.4 is 5.73 Å². The molecule has 3 rings (SSSR count). The maximum atomic E-state index is 6.07. The van der Waals surface area contributed by atoms with Gasteiger partial charge in [0.05, 0.1) is 11.2 Å². The number of nitrogens with zero attached hydrogens (tertiary/aromatic N) is 3. The van der Waals surface area contributed by atoms with Crippen molar-refractivity contribution in [2.45, 2.75) is 31.6 Å². The predicted octanol–water partition coefficient (Wildman–Crippen LogP) is 2.78. The third-order valence-electron chi connectivity index (χ3n) is 3.35. The minimum absolute atomic E-state index is 0.632. The minimum Gasteiger partial charge on any atom is -0.389 e. The molecule has 0 aliphatic heterocycles. The first-order chi connectivity index (χ1) is 8.24. The fourth-order valence-electron chi connectivity index (χ4n) is 2.45. The van der Waals surface area contributed by atoms with Crippen LogP contribution in [0.1, 0.15) is 36.6 Å². The second-order valence-electron chi connectivity index (χ2n) is 4.65. The number of rotatable bonds is 2. The van der Waals surface area contributed by atoms with E-state index in [1.807, 2.05) is 19.4 Å². The summed E-state index contributed by atoms with van der Waals surface area (Å²) in [5, 5.41) is 6.19. The van der Waals surface area contributed by atoms with E-state index >= 15 is 0 Å². The van der Waals surface area contributed by atoms with Crippen LogP contribution >= 0.6 is 11.3 Å². The molecule has 1 aliphatic rings. The van der Waals surface area contributed by atoms with E-state index in [4.69, 9.17) is 10.7 Å². The molecule has 4 nitrogen and oxygen atoms in total. The van der Waals surface area contributed by atoms with E-state index in [0.717, 1.165) is 16.3 Å². The van der Waals surface area contributed by atoms with E-state index in [1.165, 1.54) is 30.7 Å². The Kier molecular flexibility index (Phi) is 2.63. The van der Waals surface area contributed by atoms with Gasteiger partial charge in [0.25, 0.3) is 0 Å². The Morgan fingerprint density at radius 2 is 2.18 bits per heavy atom. The van der Waals surface area contributed by atoms with Crippen LogP contribution in [0.5, 0.6) is 0 Å². The Bertz CT molecular complexity index is 522. The molecule has 2 N–H and O–H groups in total. The van der Waals surface area contributed by atoms with Crippen LogP contribution in [0.4, 0.5) is 5.00 Å². The van der Waals surface area contributed by atoms with Crippen molar-refractivity contribution in [3.63, 3.8) is 0 Å². The lowest BCUT2D eigenvalue weighted by atomic mass is 10.1. The molecule has 17 heavy (non-hydrogen) atoms. The Hall–Kier alpha value is -1.36. The van der Waals surface area contributed by atoms with E-state index < -0.39 is 0 Å². The summed E-state index contributed by atoms with van der Waals surface area (Å²) in [6, 6.07) is 0. The Balaban J connectivity index is 1.95. The molecule has 2 heterocycles. The molecule has 0 atom stereocenters. The van der Waals surface area contributed by atoms with Gasteiger partial charge in [-0.15, -0.1) is 11.3 Å². The zero-order valence-corrected chi connectivity index (χ0v) is 10.7. The topological polar surface area (TPSA) is 56.7 Å². The number of thiazole rings is 1. The van der Waals surface area contributed by atoms with Crippen molar-refractivity contribution in [2.75, 3.05) is 5.73 Å². The highest BCUT2D eigenvalue weighted by Crippen LogP contribution is 2.40. The van der Waals surface area contributed by atoms with Crippen molar-refractivity contribution in [3.05, 3.63) is 17.4 Å². The van der Waals surface area contributed by atoms with Gasteiger partial charge in [0.2, 0.25) is 0 Å². The highest BCUT2D eigenvalue weighted by molar-refractivity contribution is 7.16. The molecule has 2 aromatic rings. The first kappa shape index (κ1) is 10.8. The van der Waals surface area contributed by atoms with Gasteiger partial charge in [0.1, 0.15) is 10.7 Å². The maximum absolute atomic E-state index is 6.07. The molecule has 1 saturated carbocycles. The predicted molar refractivity (Wildman–Crippen MR) is 69.9 cm³/mol. The molecular weight excluding hydrogens is 232 g/mol. The molecule has 0 bridgehead atoms. The molecule has 0 radical (unpaired) electrons. The lowest BCUT2D eigenvalue weighted by molar-refractivity contribution is 0.717. The molecule has 0 aromatic carbocycles. The minimum atomic E-state index is 0.632. The molecule has 1 aliphatic carbocycles. The summed E-state index contributed by atoms with van der Waals surface area (Å²) < 4.78 is 1.78. The molecule has 2 aromatic heterocycles. The van der Waals surface area contributed by atoms with Crippen molar-refractivity contribution >= 4 is 16.3 Å². The zero-order valence-electron chi connectivity index (χ0n) is 9.89. The van der Waals surface area contributed by atoms with Gasteiger partial charge in [-0.1, -0.05) is 12.8 Å². The van der Waals surface area contributed by atoms with Crippen LogP contribution in [0, 0.1) is 0 Å². The summed E-state index contributed by atoms with van der Waals surface area (Å²) in [6.07, 6.45) is 8.96. The fraction of sp³-hybridized carbons (Fsp3) is 0.500. The molecule has 5 heteroatoms. The quantitative estimate of drug-likeness (QED) is 0.889. The Morgan fingerprint density at radius 1 is 1.41 bits per heavy atom. The van der Waals surface area contributed by atoms with Gasteiger partial charge in [0.15, 0.2) is 0 Å². The summed E-state index contributed by atoms with van der Waals surface area (Å²) >= 11 is 1.65. The highest BCUT2D eigenvalue weighted by Gasteiger charge is 2.22. The Morgan fingerprint density at radius 3 is 2.82 bits per heavy atom. The average Bonchev–Trinajstić information content (AvgIpc) is 2.97. The van der Waals surface area contributed by atoms with Gasteiger partial charge in [-0.2, -0.15) is 5.10 Å². The smallest absolute Gasteiger partial charge is 0.114 e. The molecule has 0 amide bonds. The Labute approximate surface area is 104 Å². The van der Waals surface area contributed by atoms with Crippen LogP contribution in [0.25, 0.3) is 11.3 Å². The SMILES string of the molecule is Cn1cc(-c2nc(C3CCCC3)sc2N)cn1. The number of hydrogen-bond donors (Lipinski definition) is 1. The van der Waals surface area contributed by atoms with Gasteiger partial charge < -0.3 is 5.73 Å². The van der Waals surface area contributed by atoms with Crippen molar-refractivity contribution in [3.8, 4) is 11.3 Å². The van der Waals surface area contributed by atoms with Crippen LogP contribution in [-0.4, -0.2) is 14.8 Å². The number of anilines is 1. The summed E-state index contributed by atoms with van der Waals surface area (Å²) in [5.74, 6) is 0.632. The normalized spacial score (nSPS) is 16.8. The van der Waals surface area contributed by atoms with Gasteiger partial charge >= 0.3 is 0 Å². The third-order valence-corrected chi connectivity index (χ3v) is 4.40. The number of aryl methyl sites for hydroxylation is 1. The van der Waals surface area contributed by atoms with E-state index in [2.05, 4.69) is 5.10 Å². The monoisotopic (exact) mass is 248 g/mol. The first-order valence-electron chi connectivity index (χ1n) is 5.99. The van der Waals surface area contributed by atoms with Gasteiger partial charge in [-0.3, -0.25) is 4.68 Å². The number of hydrogen-bond acceptors (Lipinski definition) is 4. The van der Waals surface area contributed by atoms with Gasteiger partial charge in [-0.05, 0) is 12.8 Å². The van der Waals surface area contributed by atoms with Crippen molar-refractivity contribution in [2.24, 2.45) is 7.05 Å². The molecule has 1 fully saturated rings. The van der Waals surface area contributed by atoms with Crippen LogP contribution in [0.15, 0.2) is 12.4 Å². The van der Waals surface area contributed by atoms with Crippen molar-refractivity contribution < 1.29 is 0 Å². The standard InChI is InChI=1S/C12H16N4S/c1-16-7-9(6-14-16)10-11(13)17-12(15-10)8-4-2-3-5-8/h6-8H,2-5,13H2,1H3. The van der Waals surface area contributed by atoms with E-state index in [0.29, 0.717) is 5.92 Å². The van der Waals surface area contributed by atoms with Gasteiger partial charge in [-0.25, -0.2) is 4.98 Å². The lowest BCUT2D eigenvalue weighted by Gasteiger charge is -2.01.